The highest BCUT2D eigenvalue weighted by Crippen LogP contribution is 2.12. The smallest absolute Gasteiger partial charge is 0.358 e. The van der Waals surface area contributed by atoms with Crippen LogP contribution in [0, 0.1) is 10.1 Å². The van der Waals surface area contributed by atoms with E-state index in [9.17, 15) is 28.1 Å². The molecular weight excluding hydrogens is 245 g/mol. The quantitative estimate of drug-likeness (QED) is 0.623. The van der Waals surface area contributed by atoms with Gasteiger partial charge in [-0.15, -0.1) is 0 Å². The van der Waals surface area contributed by atoms with E-state index < -0.39 is 35.9 Å². The van der Waals surface area contributed by atoms with Crippen LogP contribution in [0.2, 0.25) is 0 Å². The number of amides is 1. The molecule has 1 heterocycles. The average molecular weight is 252 g/mol. The second-order valence-corrected chi connectivity index (χ2v) is 3.03. The van der Waals surface area contributed by atoms with Gasteiger partial charge in [0.05, 0.1) is 0 Å². The Morgan fingerprint density at radius 2 is 2.24 bits per heavy atom. The summed E-state index contributed by atoms with van der Waals surface area (Å²) in [6, 6.07) is 0. The van der Waals surface area contributed by atoms with Gasteiger partial charge in [0.1, 0.15) is 12.7 Å². The second kappa shape index (κ2) is 4.80. The zero-order valence-electron chi connectivity index (χ0n) is 8.27. The van der Waals surface area contributed by atoms with Crippen LogP contribution in [0.3, 0.4) is 0 Å². The Balaban J connectivity index is 2.57. The van der Waals surface area contributed by atoms with Crippen LogP contribution in [-0.2, 0) is 11.3 Å². The van der Waals surface area contributed by atoms with Gasteiger partial charge < -0.3 is 15.4 Å². The summed E-state index contributed by atoms with van der Waals surface area (Å²) >= 11 is 0. The number of hydrogen-bond acceptors (Lipinski definition) is 4. The first-order valence-corrected chi connectivity index (χ1v) is 4.27. The lowest BCUT2D eigenvalue weighted by molar-refractivity contribution is -0.392. The van der Waals surface area contributed by atoms with Gasteiger partial charge in [0.2, 0.25) is 0 Å². The lowest BCUT2D eigenvalue weighted by Gasteiger charge is -2.07. The molecule has 94 valence electrons. The van der Waals surface area contributed by atoms with Crippen molar-refractivity contribution < 1.29 is 22.9 Å². The molecule has 1 N–H and O–H groups in total. The van der Waals surface area contributed by atoms with Crippen LogP contribution in [-0.4, -0.2) is 33.1 Å². The third-order valence-electron chi connectivity index (χ3n) is 1.68. The minimum Gasteiger partial charge on any atom is -0.358 e. The Morgan fingerprint density at radius 3 is 2.76 bits per heavy atom. The zero-order chi connectivity index (χ0) is 13.1. The molecule has 0 saturated carbocycles. The fourth-order valence-corrected chi connectivity index (χ4v) is 0.997. The number of nitrogens with zero attached hydrogens (tertiary/aromatic N) is 3. The molecular formula is C7H7F3N4O3. The van der Waals surface area contributed by atoms with Gasteiger partial charge in [-0.25, -0.2) is 9.55 Å². The van der Waals surface area contributed by atoms with Crippen LogP contribution in [0.25, 0.3) is 0 Å². The highest BCUT2D eigenvalue weighted by Gasteiger charge is 2.28. The van der Waals surface area contributed by atoms with E-state index in [2.05, 4.69) is 4.98 Å². The van der Waals surface area contributed by atoms with Crippen molar-refractivity contribution in [3.05, 3.63) is 22.6 Å². The van der Waals surface area contributed by atoms with Gasteiger partial charge in [-0.1, -0.05) is 0 Å². The number of halogens is 3. The van der Waals surface area contributed by atoms with E-state index in [0.717, 1.165) is 17.1 Å². The molecule has 1 rings (SSSR count). The first-order valence-electron chi connectivity index (χ1n) is 4.27. The summed E-state index contributed by atoms with van der Waals surface area (Å²) in [6.45, 7) is -2.07. The number of hydrogen-bond donors (Lipinski definition) is 1. The number of nitrogens with one attached hydrogen (secondary N) is 1. The maximum absolute atomic E-state index is 11.8. The predicted octanol–water partition coefficient (Wildman–Crippen LogP) is 0.470. The van der Waals surface area contributed by atoms with Crippen LogP contribution >= 0.6 is 0 Å². The Kier molecular flexibility index (Phi) is 3.66. The standard InChI is InChI=1S/C7H7F3N4O3/c8-7(9,10)3-12-5(15)2-13-4-11-1-6(13)14(16)17/h1,4H,2-3H2,(H,12,15). The average Bonchev–Trinajstić information content (AvgIpc) is 2.62. The number of alkyl halides is 3. The lowest BCUT2D eigenvalue weighted by Crippen LogP contribution is -2.35. The van der Waals surface area contributed by atoms with Crippen molar-refractivity contribution in [1.29, 1.82) is 0 Å². The third-order valence-corrected chi connectivity index (χ3v) is 1.68. The van der Waals surface area contributed by atoms with E-state index in [1.807, 2.05) is 0 Å². The third kappa shape index (κ3) is 4.09. The van der Waals surface area contributed by atoms with E-state index in [0.29, 0.717) is 0 Å². The molecule has 0 aliphatic rings. The summed E-state index contributed by atoms with van der Waals surface area (Å²) in [7, 11) is 0. The number of imidazole rings is 1. The normalized spacial score (nSPS) is 11.2. The number of nitro groups is 1. The SMILES string of the molecule is O=C(Cn1cncc1[N+](=O)[O-])NCC(F)(F)F. The minimum atomic E-state index is -4.52. The van der Waals surface area contributed by atoms with Gasteiger partial charge in [0.15, 0.2) is 12.9 Å². The molecule has 1 aromatic heterocycles. The number of rotatable bonds is 4. The molecule has 0 spiro atoms. The molecule has 0 aliphatic carbocycles. The van der Waals surface area contributed by atoms with Gasteiger partial charge in [-0.2, -0.15) is 13.2 Å². The van der Waals surface area contributed by atoms with Crippen molar-refractivity contribution in [1.82, 2.24) is 14.9 Å². The molecule has 0 aliphatic heterocycles. The second-order valence-electron chi connectivity index (χ2n) is 3.03. The van der Waals surface area contributed by atoms with Crippen molar-refractivity contribution in [2.45, 2.75) is 12.7 Å². The minimum absolute atomic E-state index is 0.466. The van der Waals surface area contributed by atoms with Crippen LogP contribution in [0.4, 0.5) is 19.0 Å². The van der Waals surface area contributed by atoms with Gasteiger partial charge in [0.25, 0.3) is 5.91 Å². The molecule has 0 bridgehead atoms. The fourth-order valence-electron chi connectivity index (χ4n) is 0.997. The molecule has 0 aromatic carbocycles. The maximum atomic E-state index is 11.8. The lowest BCUT2D eigenvalue weighted by atomic mass is 10.5. The Bertz CT molecular complexity index is 428. The number of carbonyl (C=O) groups is 1. The molecule has 1 aromatic rings. The number of carbonyl (C=O) groups excluding carboxylic acids is 1. The number of aromatic nitrogens is 2. The van der Waals surface area contributed by atoms with Crippen molar-refractivity contribution in [3.8, 4) is 0 Å². The van der Waals surface area contributed by atoms with Crippen molar-refractivity contribution in [3.63, 3.8) is 0 Å². The Morgan fingerprint density at radius 1 is 1.59 bits per heavy atom. The Labute approximate surface area is 92.4 Å². The molecule has 0 atom stereocenters. The summed E-state index contributed by atoms with van der Waals surface area (Å²) in [5, 5.41) is 12.0. The largest absolute Gasteiger partial charge is 0.405 e. The topological polar surface area (TPSA) is 90.1 Å². The molecule has 0 fully saturated rings. The summed E-state index contributed by atoms with van der Waals surface area (Å²) in [6.07, 6.45) is -2.63. The van der Waals surface area contributed by atoms with E-state index in [4.69, 9.17) is 0 Å². The highest BCUT2D eigenvalue weighted by atomic mass is 19.4. The van der Waals surface area contributed by atoms with Gasteiger partial charge in [-0.3, -0.25) is 4.79 Å². The molecule has 10 heteroatoms. The van der Waals surface area contributed by atoms with Crippen molar-refractivity contribution in [2.75, 3.05) is 6.54 Å². The Hall–Kier alpha value is -2.13. The van der Waals surface area contributed by atoms with Gasteiger partial charge in [-0.05, 0) is 4.92 Å². The zero-order valence-corrected chi connectivity index (χ0v) is 8.27. The first kappa shape index (κ1) is 12.9. The van der Waals surface area contributed by atoms with E-state index in [-0.39, 0.29) is 0 Å². The molecule has 0 unspecified atom stereocenters. The highest BCUT2D eigenvalue weighted by molar-refractivity contribution is 5.76. The summed E-state index contributed by atoms with van der Waals surface area (Å²) in [5.74, 6) is -1.45. The summed E-state index contributed by atoms with van der Waals surface area (Å²) < 4.78 is 36.1. The molecule has 7 nitrogen and oxygen atoms in total. The van der Waals surface area contributed by atoms with Gasteiger partial charge >= 0.3 is 12.0 Å². The maximum Gasteiger partial charge on any atom is 0.405 e. The van der Waals surface area contributed by atoms with Crippen LogP contribution < -0.4 is 5.32 Å². The first-order chi connectivity index (χ1) is 7.79. The van der Waals surface area contributed by atoms with Gasteiger partial charge in [0, 0.05) is 0 Å². The van der Waals surface area contributed by atoms with E-state index in [1.54, 1.807) is 5.32 Å². The van der Waals surface area contributed by atoms with Crippen molar-refractivity contribution >= 4 is 11.7 Å². The monoisotopic (exact) mass is 252 g/mol. The van der Waals surface area contributed by atoms with E-state index in [1.165, 1.54) is 0 Å². The van der Waals surface area contributed by atoms with Crippen LogP contribution in [0.15, 0.2) is 12.5 Å². The van der Waals surface area contributed by atoms with E-state index >= 15 is 0 Å². The fraction of sp³-hybridized carbons (Fsp3) is 0.429. The summed E-state index contributed by atoms with van der Waals surface area (Å²) in [5.41, 5.74) is 0. The predicted molar refractivity (Wildman–Crippen MR) is 47.9 cm³/mol. The summed E-state index contributed by atoms with van der Waals surface area (Å²) in [4.78, 5) is 24.1. The van der Waals surface area contributed by atoms with Crippen LogP contribution in [0.5, 0.6) is 0 Å². The van der Waals surface area contributed by atoms with Crippen LogP contribution in [0.1, 0.15) is 0 Å². The molecule has 0 radical (unpaired) electrons. The molecule has 1 amide bonds. The van der Waals surface area contributed by atoms with Crippen molar-refractivity contribution in [2.24, 2.45) is 0 Å². The molecule has 17 heavy (non-hydrogen) atoms. The molecule has 0 saturated heterocycles.